The van der Waals surface area contributed by atoms with Crippen LogP contribution in [0.3, 0.4) is 0 Å². The van der Waals surface area contributed by atoms with Gasteiger partial charge in [0.25, 0.3) is 0 Å². The van der Waals surface area contributed by atoms with Crippen LogP contribution in [0.15, 0.2) is 0 Å². The van der Waals surface area contributed by atoms with E-state index >= 15 is 0 Å². The first-order chi connectivity index (χ1) is 7.50. The van der Waals surface area contributed by atoms with Crippen LogP contribution in [0, 0.1) is 5.92 Å². The number of rotatable bonds is 4. The van der Waals surface area contributed by atoms with Gasteiger partial charge in [0.1, 0.15) is 0 Å². The minimum atomic E-state index is -0.889. The summed E-state index contributed by atoms with van der Waals surface area (Å²) in [4.78, 5) is 34.0. The molecular formula is C9H15N3O4. The number of carboxylic acids is 1. The van der Waals surface area contributed by atoms with E-state index < -0.39 is 17.9 Å². The topological polar surface area (TPSA) is 113 Å². The summed E-state index contributed by atoms with van der Waals surface area (Å²) in [5.41, 5.74) is 4.87. The molecule has 1 atom stereocenters. The molecule has 0 aromatic rings. The van der Waals surface area contributed by atoms with Crippen LogP contribution in [0.2, 0.25) is 0 Å². The van der Waals surface area contributed by atoms with Gasteiger partial charge in [-0.25, -0.2) is 4.79 Å². The zero-order chi connectivity index (χ0) is 12.1. The standard InChI is InChI=1S/C9H15N3O4/c10-9(16)11-3-4-12-5-6(8(14)15)1-2-7(12)13/h6H,1-5H2,(H,14,15)(H3,10,11,16). The largest absolute Gasteiger partial charge is 0.481 e. The van der Waals surface area contributed by atoms with Gasteiger partial charge in [0.2, 0.25) is 5.91 Å². The molecule has 0 aromatic carbocycles. The summed E-state index contributed by atoms with van der Waals surface area (Å²) in [6, 6.07) is -0.653. The van der Waals surface area contributed by atoms with E-state index in [2.05, 4.69) is 5.32 Å². The van der Waals surface area contributed by atoms with E-state index in [0.717, 1.165) is 0 Å². The number of amides is 3. The van der Waals surface area contributed by atoms with E-state index in [1.54, 1.807) is 0 Å². The second-order valence-electron chi connectivity index (χ2n) is 3.70. The Kier molecular flexibility index (Phi) is 4.10. The summed E-state index contributed by atoms with van der Waals surface area (Å²) in [6.07, 6.45) is 0.626. The summed E-state index contributed by atoms with van der Waals surface area (Å²) >= 11 is 0. The molecule has 0 radical (unpaired) electrons. The van der Waals surface area contributed by atoms with Crippen molar-refractivity contribution in [3.8, 4) is 0 Å². The lowest BCUT2D eigenvalue weighted by molar-refractivity contribution is -0.147. The molecule has 7 heteroatoms. The van der Waals surface area contributed by atoms with Crippen molar-refractivity contribution in [2.75, 3.05) is 19.6 Å². The molecule has 0 aromatic heterocycles. The van der Waals surface area contributed by atoms with Crippen LogP contribution < -0.4 is 11.1 Å². The quantitative estimate of drug-likeness (QED) is 0.572. The molecule has 1 heterocycles. The fourth-order valence-corrected chi connectivity index (χ4v) is 1.65. The first kappa shape index (κ1) is 12.3. The number of urea groups is 1. The molecule has 16 heavy (non-hydrogen) atoms. The van der Waals surface area contributed by atoms with Gasteiger partial charge in [-0.3, -0.25) is 9.59 Å². The lowest BCUT2D eigenvalue weighted by atomic mass is 9.98. The van der Waals surface area contributed by atoms with Crippen molar-refractivity contribution in [3.63, 3.8) is 0 Å². The van der Waals surface area contributed by atoms with Crippen LogP contribution in [0.25, 0.3) is 0 Å². The van der Waals surface area contributed by atoms with E-state index in [1.165, 1.54) is 4.90 Å². The maximum atomic E-state index is 11.4. The third-order valence-corrected chi connectivity index (χ3v) is 2.53. The monoisotopic (exact) mass is 229 g/mol. The van der Waals surface area contributed by atoms with Gasteiger partial charge in [0, 0.05) is 26.1 Å². The Morgan fingerprint density at radius 1 is 1.56 bits per heavy atom. The molecule has 90 valence electrons. The van der Waals surface area contributed by atoms with Crippen molar-refractivity contribution < 1.29 is 19.5 Å². The van der Waals surface area contributed by atoms with Gasteiger partial charge in [0.15, 0.2) is 0 Å². The molecule has 7 nitrogen and oxygen atoms in total. The number of nitrogens with zero attached hydrogens (tertiary/aromatic N) is 1. The van der Waals surface area contributed by atoms with Crippen molar-refractivity contribution in [2.24, 2.45) is 11.7 Å². The third-order valence-electron chi connectivity index (χ3n) is 2.53. The Hall–Kier alpha value is -1.79. The van der Waals surface area contributed by atoms with E-state index in [0.29, 0.717) is 13.0 Å². The molecule has 3 amide bonds. The average molecular weight is 229 g/mol. The lowest BCUT2D eigenvalue weighted by Gasteiger charge is -2.30. The molecule has 0 saturated carbocycles. The Morgan fingerprint density at radius 3 is 2.81 bits per heavy atom. The Balaban J connectivity index is 2.40. The predicted molar refractivity (Wildman–Crippen MR) is 54.5 cm³/mol. The number of hydrogen-bond acceptors (Lipinski definition) is 3. The molecule has 0 aliphatic carbocycles. The number of carbonyl (C=O) groups is 3. The number of carboxylic acid groups (broad SMARTS) is 1. The molecular weight excluding hydrogens is 214 g/mol. The zero-order valence-electron chi connectivity index (χ0n) is 8.81. The number of piperidine rings is 1. The summed E-state index contributed by atoms with van der Waals surface area (Å²) < 4.78 is 0. The number of nitrogens with one attached hydrogen (secondary N) is 1. The van der Waals surface area contributed by atoms with Crippen molar-refractivity contribution in [1.82, 2.24) is 10.2 Å². The van der Waals surface area contributed by atoms with Gasteiger partial charge >= 0.3 is 12.0 Å². The minimum absolute atomic E-state index is 0.0798. The van der Waals surface area contributed by atoms with E-state index in [9.17, 15) is 14.4 Å². The number of primary amides is 1. The summed E-state index contributed by atoms with van der Waals surface area (Å²) in [5, 5.41) is 11.2. The molecule has 1 rings (SSSR count). The van der Waals surface area contributed by atoms with Crippen LogP contribution in [-0.2, 0) is 9.59 Å². The van der Waals surface area contributed by atoms with Crippen molar-refractivity contribution >= 4 is 17.9 Å². The van der Waals surface area contributed by atoms with Crippen LogP contribution in [0.1, 0.15) is 12.8 Å². The maximum absolute atomic E-state index is 11.4. The average Bonchev–Trinajstić information content (AvgIpc) is 2.20. The molecule has 1 unspecified atom stereocenters. The van der Waals surface area contributed by atoms with E-state index in [1.807, 2.05) is 0 Å². The van der Waals surface area contributed by atoms with Gasteiger partial charge in [-0.2, -0.15) is 0 Å². The number of likely N-dealkylation sites (tertiary alicyclic amines) is 1. The molecule has 1 saturated heterocycles. The normalized spacial score (nSPS) is 20.6. The van der Waals surface area contributed by atoms with Crippen molar-refractivity contribution in [1.29, 1.82) is 0 Å². The van der Waals surface area contributed by atoms with Gasteiger partial charge < -0.3 is 21.1 Å². The molecule has 0 spiro atoms. The first-order valence-electron chi connectivity index (χ1n) is 5.04. The first-order valence-corrected chi connectivity index (χ1v) is 5.04. The summed E-state index contributed by atoms with van der Waals surface area (Å²) in [5.74, 6) is -1.48. The van der Waals surface area contributed by atoms with Gasteiger partial charge in [0.05, 0.1) is 5.92 Å². The van der Waals surface area contributed by atoms with Crippen molar-refractivity contribution in [3.05, 3.63) is 0 Å². The number of nitrogens with two attached hydrogens (primary N) is 1. The SMILES string of the molecule is NC(=O)NCCN1CC(C(=O)O)CCC1=O. The maximum Gasteiger partial charge on any atom is 0.312 e. The second-order valence-corrected chi connectivity index (χ2v) is 3.70. The third kappa shape index (κ3) is 3.41. The number of hydrogen-bond donors (Lipinski definition) is 3. The van der Waals surface area contributed by atoms with Gasteiger partial charge in [-0.15, -0.1) is 0 Å². The smallest absolute Gasteiger partial charge is 0.312 e. The highest BCUT2D eigenvalue weighted by Gasteiger charge is 2.29. The Morgan fingerprint density at radius 2 is 2.25 bits per heavy atom. The van der Waals surface area contributed by atoms with Gasteiger partial charge in [-0.05, 0) is 6.42 Å². The fraction of sp³-hybridized carbons (Fsp3) is 0.667. The zero-order valence-corrected chi connectivity index (χ0v) is 8.81. The lowest BCUT2D eigenvalue weighted by Crippen LogP contribution is -2.46. The molecule has 0 bridgehead atoms. The highest BCUT2D eigenvalue weighted by atomic mass is 16.4. The van der Waals surface area contributed by atoms with Crippen LogP contribution in [-0.4, -0.2) is 47.5 Å². The molecule has 1 fully saturated rings. The number of carbonyl (C=O) groups excluding carboxylic acids is 2. The Labute approximate surface area is 92.6 Å². The highest BCUT2D eigenvalue weighted by Crippen LogP contribution is 2.17. The minimum Gasteiger partial charge on any atom is -0.481 e. The highest BCUT2D eigenvalue weighted by molar-refractivity contribution is 5.80. The van der Waals surface area contributed by atoms with E-state index in [4.69, 9.17) is 10.8 Å². The van der Waals surface area contributed by atoms with Crippen molar-refractivity contribution in [2.45, 2.75) is 12.8 Å². The predicted octanol–water partition coefficient (Wildman–Crippen LogP) is -1.02. The van der Waals surface area contributed by atoms with Crippen LogP contribution >= 0.6 is 0 Å². The molecule has 1 aliphatic heterocycles. The second kappa shape index (κ2) is 5.34. The summed E-state index contributed by atoms with van der Waals surface area (Å²) in [6.45, 7) is 0.744. The number of aliphatic carboxylic acids is 1. The molecule has 1 aliphatic rings. The van der Waals surface area contributed by atoms with Crippen LogP contribution in [0.4, 0.5) is 4.79 Å². The van der Waals surface area contributed by atoms with Gasteiger partial charge in [-0.1, -0.05) is 0 Å². The Bertz CT molecular complexity index is 305. The van der Waals surface area contributed by atoms with E-state index in [-0.39, 0.29) is 25.4 Å². The fourth-order valence-electron chi connectivity index (χ4n) is 1.65. The molecule has 4 N–H and O–H groups in total. The van der Waals surface area contributed by atoms with Crippen LogP contribution in [0.5, 0.6) is 0 Å². The summed E-state index contributed by atoms with van der Waals surface area (Å²) in [7, 11) is 0.